The molecule has 0 aliphatic heterocycles. The van der Waals surface area contributed by atoms with Crippen LogP contribution in [0.5, 0.6) is 0 Å². The Bertz CT molecular complexity index is 901. The normalized spacial score (nSPS) is 20.7. The topological polar surface area (TPSA) is 161 Å². The Morgan fingerprint density at radius 1 is 1.04 bits per heavy atom. The minimum absolute atomic E-state index is 0.153. The third-order valence-corrected chi connectivity index (χ3v) is 5.62. The van der Waals surface area contributed by atoms with Crippen LogP contribution < -0.4 is 11.5 Å². The van der Waals surface area contributed by atoms with E-state index in [4.69, 9.17) is 11.5 Å². The summed E-state index contributed by atoms with van der Waals surface area (Å²) in [6.45, 7) is 0. The molecule has 0 saturated carbocycles. The molecule has 1 aromatic carbocycles. The van der Waals surface area contributed by atoms with Gasteiger partial charge in [0.25, 0.3) is 20.2 Å². The number of allylic oxidation sites excluding steroid dienone is 2. The molecule has 0 saturated heterocycles. The predicted octanol–water partition coefficient (Wildman–Crippen LogP) is 0.437. The number of nitrogens with two attached hydrogens (primary N) is 2. The SMILES string of the molecule is NC1(N)C=CC(CCc2ccccc2S(=O)(=O)O)C(S(=O)(=O)O)=C1. The van der Waals surface area contributed by atoms with Gasteiger partial charge in [-0.1, -0.05) is 24.3 Å². The van der Waals surface area contributed by atoms with Gasteiger partial charge in [0.05, 0.1) is 9.80 Å². The Balaban J connectivity index is 2.29. The lowest BCUT2D eigenvalue weighted by molar-refractivity contribution is 0.476. The number of rotatable bonds is 5. The first-order valence-electron chi connectivity index (χ1n) is 6.93. The van der Waals surface area contributed by atoms with Gasteiger partial charge in [0.2, 0.25) is 0 Å². The van der Waals surface area contributed by atoms with E-state index in [9.17, 15) is 25.9 Å². The van der Waals surface area contributed by atoms with Crippen molar-refractivity contribution in [2.45, 2.75) is 23.4 Å². The van der Waals surface area contributed by atoms with Crippen LogP contribution in [-0.2, 0) is 26.7 Å². The molecule has 0 fully saturated rings. The van der Waals surface area contributed by atoms with Gasteiger partial charge < -0.3 is 11.5 Å². The maximum Gasteiger partial charge on any atom is 0.294 e. The van der Waals surface area contributed by atoms with Gasteiger partial charge in [-0.2, -0.15) is 16.8 Å². The zero-order valence-electron chi connectivity index (χ0n) is 12.5. The average molecular weight is 374 g/mol. The molecule has 0 spiro atoms. The lowest BCUT2D eigenvalue weighted by atomic mass is 9.92. The second-order valence-corrected chi connectivity index (χ2v) is 8.42. The molecule has 1 unspecified atom stereocenters. The van der Waals surface area contributed by atoms with Crippen molar-refractivity contribution in [2.75, 3.05) is 0 Å². The Morgan fingerprint density at radius 2 is 1.67 bits per heavy atom. The van der Waals surface area contributed by atoms with Gasteiger partial charge in [-0.15, -0.1) is 0 Å². The van der Waals surface area contributed by atoms with Gasteiger partial charge in [0.1, 0.15) is 5.66 Å². The summed E-state index contributed by atoms with van der Waals surface area (Å²) < 4.78 is 64.4. The molecule has 132 valence electrons. The maximum absolute atomic E-state index is 11.5. The third-order valence-electron chi connectivity index (χ3n) is 3.65. The van der Waals surface area contributed by atoms with Crippen LogP contribution in [0.4, 0.5) is 0 Å². The number of hydrogen-bond acceptors (Lipinski definition) is 6. The number of hydrogen-bond donors (Lipinski definition) is 4. The van der Waals surface area contributed by atoms with E-state index in [1.54, 1.807) is 6.07 Å². The summed E-state index contributed by atoms with van der Waals surface area (Å²) in [6.07, 6.45) is 4.24. The fraction of sp³-hybridized carbons (Fsp3) is 0.286. The number of aryl methyl sites for hydroxylation is 1. The molecule has 0 amide bonds. The fourth-order valence-corrected chi connectivity index (χ4v) is 4.24. The molecule has 1 atom stereocenters. The molecule has 6 N–H and O–H groups in total. The Labute approximate surface area is 140 Å². The summed E-state index contributed by atoms with van der Waals surface area (Å²) in [5, 5.41) is 0. The Kier molecular flexibility index (Phi) is 5.00. The van der Waals surface area contributed by atoms with Gasteiger partial charge >= 0.3 is 0 Å². The van der Waals surface area contributed by atoms with Crippen molar-refractivity contribution >= 4 is 20.2 Å². The van der Waals surface area contributed by atoms with Gasteiger partial charge in [-0.3, -0.25) is 9.11 Å². The van der Waals surface area contributed by atoms with E-state index in [1.165, 1.54) is 30.4 Å². The van der Waals surface area contributed by atoms with E-state index in [2.05, 4.69) is 0 Å². The van der Waals surface area contributed by atoms with E-state index in [0.717, 1.165) is 6.08 Å². The van der Waals surface area contributed by atoms with E-state index >= 15 is 0 Å². The van der Waals surface area contributed by atoms with Crippen molar-refractivity contribution in [1.29, 1.82) is 0 Å². The standard InChI is InChI=1S/C14H18N2O6S2/c15-14(16)8-7-11(13(9-14)24(20,21)22)6-5-10-3-1-2-4-12(10)23(17,18)19/h1-4,7-9,11H,5-6,15-16H2,(H,17,18,19)(H,20,21,22). The van der Waals surface area contributed by atoms with Crippen molar-refractivity contribution in [2.24, 2.45) is 17.4 Å². The van der Waals surface area contributed by atoms with Crippen molar-refractivity contribution in [3.63, 3.8) is 0 Å². The molecule has 0 radical (unpaired) electrons. The molecule has 1 aromatic rings. The van der Waals surface area contributed by atoms with Crippen LogP contribution in [-0.4, -0.2) is 31.6 Å². The van der Waals surface area contributed by atoms with Crippen molar-refractivity contribution in [3.05, 3.63) is 53.0 Å². The first kappa shape index (κ1) is 18.8. The highest BCUT2D eigenvalue weighted by atomic mass is 32.2. The molecular formula is C14H18N2O6S2. The third kappa shape index (κ3) is 4.50. The zero-order valence-corrected chi connectivity index (χ0v) is 14.2. The summed E-state index contributed by atoms with van der Waals surface area (Å²) in [5.74, 6) is -0.713. The van der Waals surface area contributed by atoms with E-state index in [1.807, 2.05) is 0 Å². The van der Waals surface area contributed by atoms with E-state index in [-0.39, 0.29) is 22.6 Å². The van der Waals surface area contributed by atoms with Gasteiger partial charge in [-0.05, 0) is 36.6 Å². The van der Waals surface area contributed by atoms with Crippen LogP contribution in [0.3, 0.4) is 0 Å². The molecule has 0 bridgehead atoms. The molecule has 1 aliphatic rings. The van der Waals surface area contributed by atoms with Gasteiger partial charge in [-0.25, -0.2) is 0 Å². The van der Waals surface area contributed by atoms with Crippen molar-refractivity contribution in [1.82, 2.24) is 0 Å². The Morgan fingerprint density at radius 3 is 2.25 bits per heavy atom. The molecule has 0 heterocycles. The highest BCUT2D eigenvalue weighted by Crippen LogP contribution is 2.30. The van der Waals surface area contributed by atoms with Crippen LogP contribution in [0.25, 0.3) is 0 Å². The number of benzene rings is 1. The highest BCUT2D eigenvalue weighted by molar-refractivity contribution is 7.89. The first-order valence-corrected chi connectivity index (χ1v) is 9.81. The van der Waals surface area contributed by atoms with Crippen LogP contribution in [0, 0.1) is 5.92 Å². The second-order valence-electron chi connectivity index (χ2n) is 5.61. The zero-order chi connectivity index (χ0) is 18.2. The fourth-order valence-electron chi connectivity index (χ4n) is 2.56. The predicted molar refractivity (Wildman–Crippen MR) is 87.9 cm³/mol. The van der Waals surface area contributed by atoms with Crippen LogP contribution in [0.2, 0.25) is 0 Å². The summed E-state index contributed by atoms with van der Waals surface area (Å²) in [4.78, 5) is -0.575. The smallest absolute Gasteiger partial charge is 0.294 e. The van der Waals surface area contributed by atoms with Crippen LogP contribution >= 0.6 is 0 Å². The lowest BCUT2D eigenvalue weighted by Gasteiger charge is -2.26. The summed E-state index contributed by atoms with van der Waals surface area (Å²) in [5.41, 5.74) is 10.1. The highest BCUT2D eigenvalue weighted by Gasteiger charge is 2.30. The quantitative estimate of drug-likeness (QED) is 0.328. The molecule has 24 heavy (non-hydrogen) atoms. The first-order chi connectivity index (χ1) is 10.9. The van der Waals surface area contributed by atoms with E-state index in [0.29, 0.717) is 5.56 Å². The van der Waals surface area contributed by atoms with E-state index < -0.39 is 31.8 Å². The molecule has 2 rings (SSSR count). The molecular weight excluding hydrogens is 356 g/mol. The summed E-state index contributed by atoms with van der Waals surface area (Å²) in [7, 11) is -8.89. The van der Waals surface area contributed by atoms with Gasteiger partial charge in [0.15, 0.2) is 0 Å². The average Bonchev–Trinajstić information content (AvgIpc) is 2.43. The summed E-state index contributed by atoms with van der Waals surface area (Å²) in [6, 6.07) is 5.84. The maximum atomic E-state index is 11.5. The summed E-state index contributed by atoms with van der Waals surface area (Å²) >= 11 is 0. The lowest BCUT2D eigenvalue weighted by Crippen LogP contribution is -2.47. The minimum Gasteiger partial charge on any atom is -0.307 e. The molecule has 8 nitrogen and oxygen atoms in total. The second kappa shape index (κ2) is 6.39. The molecule has 0 aromatic heterocycles. The van der Waals surface area contributed by atoms with Crippen molar-refractivity contribution < 1.29 is 25.9 Å². The van der Waals surface area contributed by atoms with Crippen molar-refractivity contribution in [3.8, 4) is 0 Å². The monoisotopic (exact) mass is 374 g/mol. The van der Waals surface area contributed by atoms with Crippen LogP contribution in [0.15, 0.2) is 52.3 Å². The minimum atomic E-state index is -4.51. The Hall–Kier alpha value is -1.56. The molecule has 1 aliphatic carbocycles. The van der Waals surface area contributed by atoms with Gasteiger partial charge in [0, 0.05) is 5.92 Å². The molecule has 10 heteroatoms. The largest absolute Gasteiger partial charge is 0.307 e. The van der Waals surface area contributed by atoms with Crippen LogP contribution in [0.1, 0.15) is 12.0 Å².